The topological polar surface area (TPSA) is 9.23 Å². The van der Waals surface area contributed by atoms with E-state index in [-0.39, 0.29) is 0 Å². The number of hydrogen-bond acceptors (Lipinski definition) is 1. The Labute approximate surface area is 75.8 Å². The van der Waals surface area contributed by atoms with Crippen LogP contribution in [0.3, 0.4) is 0 Å². The summed E-state index contributed by atoms with van der Waals surface area (Å²) in [5, 5.41) is 0. The van der Waals surface area contributed by atoms with Crippen LogP contribution < -0.4 is 0 Å². The van der Waals surface area contributed by atoms with Crippen molar-refractivity contribution in [2.45, 2.75) is 46.6 Å². The molecule has 0 bridgehead atoms. The first-order chi connectivity index (χ1) is 5.47. The van der Waals surface area contributed by atoms with Crippen LogP contribution in [0.15, 0.2) is 11.1 Å². The van der Waals surface area contributed by atoms with Crippen molar-refractivity contribution in [1.29, 1.82) is 0 Å². The summed E-state index contributed by atoms with van der Waals surface area (Å²) in [4.78, 5) is 0. The third kappa shape index (κ3) is 1.71. The van der Waals surface area contributed by atoms with Gasteiger partial charge < -0.3 is 4.74 Å². The van der Waals surface area contributed by atoms with Crippen molar-refractivity contribution in [1.82, 2.24) is 0 Å². The van der Waals surface area contributed by atoms with Gasteiger partial charge in [0.15, 0.2) is 0 Å². The molecule has 0 aliphatic heterocycles. The lowest BCUT2D eigenvalue weighted by Gasteiger charge is -2.36. The van der Waals surface area contributed by atoms with Gasteiger partial charge >= 0.3 is 0 Å². The van der Waals surface area contributed by atoms with E-state index in [0.29, 0.717) is 11.5 Å². The SMILES string of the molecule is CO[C@@H]1CC(C)=C(C)C(C)(C)C1. The van der Waals surface area contributed by atoms with Gasteiger partial charge in [0.05, 0.1) is 6.10 Å². The van der Waals surface area contributed by atoms with Crippen molar-refractivity contribution in [3.05, 3.63) is 11.1 Å². The summed E-state index contributed by atoms with van der Waals surface area (Å²) in [7, 11) is 1.81. The molecular weight excluding hydrogens is 148 g/mol. The van der Waals surface area contributed by atoms with Gasteiger partial charge in [-0.15, -0.1) is 0 Å². The first-order valence-electron chi connectivity index (χ1n) is 4.67. The molecule has 0 N–H and O–H groups in total. The van der Waals surface area contributed by atoms with Crippen LogP contribution in [0, 0.1) is 5.41 Å². The summed E-state index contributed by atoms with van der Waals surface area (Å²) < 4.78 is 5.41. The highest BCUT2D eigenvalue weighted by Crippen LogP contribution is 2.40. The van der Waals surface area contributed by atoms with E-state index in [1.165, 1.54) is 5.57 Å². The molecule has 1 atom stereocenters. The predicted molar refractivity (Wildman–Crippen MR) is 52.2 cm³/mol. The fraction of sp³-hybridized carbons (Fsp3) is 0.818. The second-order valence-electron chi connectivity index (χ2n) is 4.56. The Hall–Kier alpha value is -0.300. The van der Waals surface area contributed by atoms with Gasteiger partial charge in [-0.3, -0.25) is 0 Å². The Balaban J connectivity index is 2.86. The van der Waals surface area contributed by atoms with Crippen molar-refractivity contribution in [3.8, 4) is 0 Å². The lowest BCUT2D eigenvalue weighted by molar-refractivity contribution is 0.0615. The molecule has 1 aliphatic carbocycles. The predicted octanol–water partition coefficient (Wildman–Crippen LogP) is 3.16. The molecule has 0 aromatic rings. The Morgan fingerprint density at radius 1 is 1.33 bits per heavy atom. The maximum absolute atomic E-state index is 5.41. The lowest BCUT2D eigenvalue weighted by Crippen LogP contribution is -2.29. The van der Waals surface area contributed by atoms with Crippen LogP contribution in [0.1, 0.15) is 40.5 Å². The summed E-state index contributed by atoms with van der Waals surface area (Å²) >= 11 is 0. The van der Waals surface area contributed by atoms with E-state index < -0.39 is 0 Å². The highest BCUT2D eigenvalue weighted by molar-refractivity contribution is 5.21. The van der Waals surface area contributed by atoms with E-state index in [0.717, 1.165) is 12.8 Å². The molecule has 0 aromatic heterocycles. The third-order valence-corrected chi connectivity index (χ3v) is 3.26. The average Bonchev–Trinajstić information content (AvgIpc) is 1.99. The number of hydrogen-bond donors (Lipinski definition) is 0. The van der Waals surface area contributed by atoms with Crippen molar-refractivity contribution >= 4 is 0 Å². The average molecular weight is 168 g/mol. The number of allylic oxidation sites excluding steroid dienone is 1. The monoisotopic (exact) mass is 168 g/mol. The van der Waals surface area contributed by atoms with Gasteiger partial charge in [-0.2, -0.15) is 0 Å². The van der Waals surface area contributed by atoms with Crippen LogP contribution >= 0.6 is 0 Å². The minimum absolute atomic E-state index is 0.336. The van der Waals surface area contributed by atoms with E-state index in [9.17, 15) is 0 Å². The number of ether oxygens (including phenoxy) is 1. The molecule has 1 heteroatoms. The van der Waals surface area contributed by atoms with Crippen LogP contribution in [-0.2, 0) is 4.74 Å². The minimum Gasteiger partial charge on any atom is -0.381 e. The lowest BCUT2D eigenvalue weighted by atomic mass is 9.72. The molecule has 0 fully saturated rings. The number of rotatable bonds is 1. The van der Waals surface area contributed by atoms with E-state index in [2.05, 4.69) is 27.7 Å². The second-order valence-corrected chi connectivity index (χ2v) is 4.56. The van der Waals surface area contributed by atoms with E-state index >= 15 is 0 Å². The summed E-state index contributed by atoms with van der Waals surface area (Å²) in [5.41, 5.74) is 3.40. The summed E-state index contributed by atoms with van der Waals surface area (Å²) in [6.45, 7) is 9.08. The van der Waals surface area contributed by atoms with Gasteiger partial charge in [0.2, 0.25) is 0 Å². The molecule has 1 nitrogen and oxygen atoms in total. The first-order valence-corrected chi connectivity index (χ1v) is 4.67. The molecule has 0 radical (unpaired) electrons. The molecule has 12 heavy (non-hydrogen) atoms. The fourth-order valence-electron chi connectivity index (χ4n) is 2.03. The first kappa shape index (κ1) is 9.79. The van der Waals surface area contributed by atoms with Crippen LogP contribution in [0.25, 0.3) is 0 Å². The van der Waals surface area contributed by atoms with Gasteiger partial charge in [0, 0.05) is 7.11 Å². The van der Waals surface area contributed by atoms with Crippen LogP contribution in [0.2, 0.25) is 0 Å². The quantitative estimate of drug-likeness (QED) is 0.546. The van der Waals surface area contributed by atoms with Crippen LogP contribution in [-0.4, -0.2) is 13.2 Å². The van der Waals surface area contributed by atoms with Crippen molar-refractivity contribution in [2.75, 3.05) is 7.11 Å². The molecular formula is C11H20O. The van der Waals surface area contributed by atoms with Crippen LogP contribution in [0.4, 0.5) is 0 Å². The zero-order chi connectivity index (χ0) is 9.35. The maximum Gasteiger partial charge on any atom is 0.0616 e. The van der Waals surface area contributed by atoms with E-state index in [1.807, 2.05) is 7.11 Å². The van der Waals surface area contributed by atoms with E-state index in [1.54, 1.807) is 5.57 Å². The highest BCUT2D eigenvalue weighted by atomic mass is 16.5. The second kappa shape index (κ2) is 3.21. The zero-order valence-corrected chi connectivity index (χ0v) is 8.90. The molecule has 0 spiro atoms. The minimum atomic E-state index is 0.336. The summed E-state index contributed by atoms with van der Waals surface area (Å²) in [6.07, 6.45) is 2.71. The third-order valence-electron chi connectivity index (χ3n) is 3.26. The molecule has 1 rings (SSSR count). The van der Waals surface area contributed by atoms with Crippen LogP contribution in [0.5, 0.6) is 0 Å². The Kier molecular flexibility index (Phi) is 2.62. The Bertz CT molecular complexity index is 201. The summed E-state index contributed by atoms with van der Waals surface area (Å²) in [5.74, 6) is 0. The van der Waals surface area contributed by atoms with Gasteiger partial charge in [-0.05, 0) is 32.1 Å². The largest absolute Gasteiger partial charge is 0.381 e. The molecule has 0 saturated heterocycles. The van der Waals surface area contributed by atoms with Gasteiger partial charge in [0.1, 0.15) is 0 Å². The normalized spacial score (nSPS) is 29.2. The molecule has 0 amide bonds. The zero-order valence-electron chi connectivity index (χ0n) is 8.90. The van der Waals surface area contributed by atoms with Crippen molar-refractivity contribution in [3.63, 3.8) is 0 Å². The molecule has 0 unspecified atom stereocenters. The highest BCUT2D eigenvalue weighted by Gasteiger charge is 2.30. The summed E-state index contributed by atoms with van der Waals surface area (Å²) in [6, 6.07) is 0. The Morgan fingerprint density at radius 2 is 1.92 bits per heavy atom. The standard InChI is InChI=1S/C11H20O/c1-8-6-10(12-5)7-11(3,4)9(8)2/h10H,6-7H2,1-5H3/t10-/m1/s1. The van der Waals surface area contributed by atoms with Crippen molar-refractivity contribution in [2.24, 2.45) is 5.41 Å². The van der Waals surface area contributed by atoms with Gasteiger partial charge in [-0.1, -0.05) is 25.0 Å². The molecule has 0 aromatic carbocycles. The van der Waals surface area contributed by atoms with Gasteiger partial charge in [0.25, 0.3) is 0 Å². The number of methoxy groups -OCH3 is 1. The maximum atomic E-state index is 5.41. The molecule has 0 heterocycles. The molecule has 70 valence electrons. The molecule has 1 aliphatic rings. The smallest absolute Gasteiger partial charge is 0.0616 e. The fourth-order valence-corrected chi connectivity index (χ4v) is 2.03. The Morgan fingerprint density at radius 3 is 2.33 bits per heavy atom. The van der Waals surface area contributed by atoms with Crippen molar-refractivity contribution < 1.29 is 4.74 Å². The van der Waals surface area contributed by atoms with E-state index in [4.69, 9.17) is 4.74 Å². The van der Waals surface area contributed by atoms with Gasteiger partial charge in [-0.25, -0.2) is 0 Å². The molecule has 0 saturated carbocycles.